The minimum Gasteiger partial charge on any atom is -0.349 e. The summed E-state index contributed by atoms with van der Waals surface area (Å²) in [6, 6.07) is 1.55. The molecule has 7 heteroatoms. The van der Waals surface area contributed by atoms with Gasteiger partial charge in [0.2, 0.25) is 0 Å². The van der Waals surface area contributed by atoms with Crippen LogP contribution in [0.1, 0.15) is 30.8 Å². The lowest BCUT2D eigenvalue weighted by atomic mass is 9.89. The van der Waals surface area contributed by atoms with Gasteiger partial charge in [0, 0.05) is 32.4 Å². The molecule has 2 heterocycles. The normalized spacial score (nSPS) is 21.9. The Bertz CT molecular complexity index is 474. The number of H-pyrrole nitrogens is 1. The van der Waals surface area contributed by atoms with E-state index in [1.54, 1.807) is 6.07 Å². The molecule has 0 aliphatic carbocycles. The molecule has 21 heavy (non-hydrogen) atoms. The molecule has 2 atom stereocenters. The average Bonchev–Trinajstić information content (AvgIpc) is 3.00. The van der Waals surface area contributed by atoms with Gasteiger partial charge in [-0.15, -0.1) is 0 Å². The maximum Gasteiger partial charge on any atom is 0.317 e. The van der Waals surface area contributed by atoms with Crippen LogP contribution in [0.4, 0.5) is 4.79 Å². The molecule has 1 fully saturated rings. The summed E-state index contributed by atoms with van der Waals surface area (Å²) in [4.78, 5) is 25.5. The maximum absolute atomic E-state index is 12.0. The van der Waals surface area contributed by atoms with Gasteiger partial charge in [-0.2, -0.15) is 5.10 Å². The minimum atomic E-state index is -0.220. The molecule has 1 aromatic rings. The van der Waals surface area contributed by atoms with Crippen molar-refractivity contribution in [3.63, 3.8) is 0 Å². The Kier molecular flexibility index (Phi) is 5.19. The highest BCUT2D eigenvalue weighted by Gasteiger charge is 2.25. The van der Waals surface area contributed by atoms with E-state index in [-0.39, 0.29) is 11.9 Å². The molecule has 1 saturated heterocycles. The zero-order chi connectivity index (χ0) is 15.2. The summed E-state index contributed by atoms with van der Waals surface area (Å²) < 4.78 is 0. The van der Waals surface area contributed by atoms with Crippen molar-refractivity contribution in [2.45, 2.75) is 20.3 Å². The number of nitrogens with zero attached hydrogens (tertiary/aromatic N) is 2. The van der Waals surface area contributed by atoms with Crippen LogP contribution in [0, 0.1) is 11.8 Å². The first-order valence-corrected chi connectivity index (χ1v) is 7.38. The molecule has 0 saturated carbocycles. The van der Waals surface area contributed by atoms with Crippen molar-refractivity contribution in [2.24, 2.45) is 11.8 Å². The molecule has 7 nitrogen and oxygen atoms in total. The molecule has 0 radical (unpaired) electrons. The van der Waals surface area contributed by atoms with Crippen molar-refractivity contribution >= 4 is 11.9 Å². The lowest BCUT2D eigenvalue weighted by Crippen LogP contribution is -2.48. The zero-order valence-corrected chi connectivity index (χ0v) is 12.6. The Morgan fingerprint density at radius 2 is 2.10 bits per heavy atom. The SMILES string of the molecule is C[C@H]1CCN(C(=O)NCCNC(=O)c2ccn[nH]2)C[C@@H]1C. The highest BCUT2D eigenvalue weighted by atomic mass is 16.2. The second-order valence-corrected chi connectivity index (χ2v) is 5.65. The summed E-state index contributed by atoms with van der Waals surface area (Å²) in [6.07, 6.45) is 2.57. The van der Waals surface area contributed by atoms with Crippen LogP contribution in [0.3, 0.4) is 0 Å². The standard InChI is InChI=1S/C14H23N5O2/c1-10-4-8-19(9-11(10)2)14(21)16-7-6-15-13(20)12-3-5-17-18-12/h3,5,10-11H,4,6-9H2,1-2H3,(H,15,20)(H,16,21)(H,17,18)/t10-,11-/m0/s1. The van der Waals surface area contributed by atoms with E-state index in [2.05, 4.69) is 34.7 Å². The average molecular weight is 293 g/mol. The third-order valence-electron chi connectivity index (χ3n) is 4.05. The molecule has 1 aromatic heterocycles. The summed E-state index contributed by atoms with van der Waals surface area (Å²) >= 11 is 0. The van der Waals surface area contributed by atoms with E-state index in [4.69, 9.17) is 0 Å². The molecule has 0 aromatic carbocycles. The number of hydrogen-bond donors (Lipinski definition) is 3. The Balaban J connectivity index is 1.64. The van der Waals surface area contributed by atoms with Crippen LogP contribution in [-0.4, -0.2) is 53.2 Å². The molecule has 0 unspecified atom stereocenters. The summed E-state index contributed by atoms with van der Waals surface area (Å²) in [5.41, 5.74) is 0.417. The Morgan fingerprint density at radius 3 is 2.76 bits per heavy atom. The van der Waals surface area contributed by atoms with Crippen LogP contribution in [0.2, 0.25) is 0 Å². The molecule has 3 amide bonds. The van der Waals surface area contributed by atoms with Crippen LogP contribution in [0.5, 0.6) is 0 Å². The first kappa shape index (κ1) is 15.3. The summed E-state index contributed by atoms with van der Waals surface area (Å²) in [5.74, 6) is 0.981. The summed E-state index contributed by atoms with van der Waals surface area (Å²) in [7, 11) is 0. The predicted molar refractivity (Wildman–Crippen MR) is 78.8 cm³/mol. The number of amides is 3. The fourth-order valence-corrected chi connectivity index (χ4v) is 2.38. The number of piperidine rings is 1. The lowest BCUT2D eigenvalue weighted by molar-refractivity contribution is 0.0948. The predicted octanol–water partition coefficient (Wildman–Crippen LogP) is 0.827. The lowest BCUT2D eigenvalue weighted by Gasteiger charge is -2.35. The van der Waals surface area contributed by atoms with E-state index in [0.717, 1.165) is 19.5 Å². The number of carbonyl (C=O) groups excluding carboxylic acids is 2. The van der Waals surface area contributed by atoms with Crippen LogP contribution < -0.4 is 10.6 Å². The quantitative estimate of drug-likeness (QED) is 0.718. The largest absolute Gasteiger partial charge is 0.349 e. The van der Waals surface area contributed by atoms with Gasteiger partial charge in [0.05, 0.1) is 0 Å². The van der Waals surface area contributed by atoms with Gasteiger partial charge in [-0.25, -0.2) is 4.79 Å². The topological polar surface area (TPSA) is 90.1 Å². The van der Waals surface area contributed by atoms with Gasteiger partial charge in [0.15, 0.2) is 0 Å². The molecule has 1 aliphatic rings. The fraction of sp³-hybridized carbons (Fsp3) is 0.643. The van der Waals surface area contributed by atoms with Gasteiger partial charge in [-0.3, -0.25) is 9.89 Å². The van der Waals surface area contributed by atoms with Crippen molar-refractivity contribution in [3.8, 4) is 0 Å². The molecule has 116 valence electrons. The monoisotopic (exact) mass is 293 g/mol. The third kappa shape index (κ3) is 4.21. The van der Waals surface area contributed by atoms with Gasteiger partial charge in [-0.1, -0.05) is 13.8 Å². The number of hydrogen-bond acceptors (Lipinski definition) is 3. The first-order valence-electron chi connectivity index (χ1n) is 7.38. The number of likely N-dealkylation sites (tertiary alicyclic amines) is 1. The van der Waals surface area contributed by atoms with Crippen LogP contribution in [0.25, 0.3) is 0 Å². The number of carbonyl (C=O) groups is 2. The summed E-state index contributed by atoms with van der Waals surface area (Å²) in [6.45, 7) is 6.81. The molecule has 0 spiro atoms. The van der Waals surface area contributed by atoms with E-state index in [9.17, 15) is 9.59 Å². The molecular formula is C14H23N5O2. The van der Waals surface area contributed by atoms with Crippen molar-refractivity contribution in [1.29, 1.82) is 0 Å². The molecule has 3 N–H and O–H groups in total. The molecule has 1 aliphatic heterocycles. The van der Waals surface area contributed by atoms with Gasteiger partial charge in [0.25, 0.3) is 5.91 Å². The highest BCUT2D eigenvalue weighted by Crippen LogP contribution is 2.22. The Morgan fingerprint density at radius 1 is 1.33 bits per heavy atom. The van der Waals surface area contributed by atoms with Gasteiger partial charge in [-0.05, 0) is 24.3 Å². The van der Waals surface area contributed by atoms with Crippen molar-refractivity contribution in [2.75, 3.05) is 26.2 Å². The van der Waals surface area contributed by atoms with Gasteiger partial charge < -0.3 is 15.5 Å². The maximum atomic E-state index is 12.0. The molecule has 2 rings (SSSR count). The van der Waals surface area contributed by atoms with E-state index >= 15 is 0 Å². The second kappa shape index (κ2) is 7.10. The third-order valence-corrected chi connectivity index (χ3v) is 4.05. The summed E-state index contributed by atoms with van der Waals surface area (Å²) in [5, 5.41) is 11.9. The molecular weight excluding hydrogens is 270 g/mol. The van der Waals surface area contributed by atoms with Crippen LogP contribution in [0.15, 0.2) is 12.3 Å². The fourth-order valence-electron chi connectivity index (χ4n) is 2.38. The Labute approximate surface area is 124 Å². The van der Waals surface area contributed by atoms with Crippen molar-refractivity contribution in [1.82, 2.24) is 25.7 Å². The van der Waals surface area contributed by atoms with E-state index in [0.29, 0.717) is 30.6 Å². The van der Waals surface area contributed by atoms with E-state index in [1.807, 2.05) is 4.90 Å². The minimum absolute atomic E-state index is 0.0514. The second-order valence-electron chi connectivity index (χ2n) is 5.65. The van der Waals surface area contributed by atoms with E-state index < -0.39 is 0 Å². The van der Waals surface area contributed by atoms with Gasteiger partial charge in [0.1, 0.15) is 5.69 Å². The van der Waals surface area contributed by atoms with Crippen LogP contribution >= 0.6 is 0 Å². The van der Waals surface area contributed by atoms with Crippen LogP contribution in [-0.2, 0) is 0 Å². The van der Waals surface area contributed by atoms with Crippen molar-refractivity contribution < 1.29 is 9.59 Å². The number of urea groups is 1. The zero-order valence-electron chi connectivity index (χ0n) is 12.6. The Hall–Kier alpha value is -2.05. The number of rotatable bonds is 4. The van der Waals surface area contributed by atoms with Crippen molar-refractivity contribution in [3.05, 3.63) is 18.0 Å². The molecule has 0 bridgehead atoms. The highest BCUT2D eigenvalue weighted by molar-refractivity contribution is 5.92. The van der Waals surface area contributed by atoms with E-state index in [1.165, 1.54) is 6.20 Å². The number of aromatic nitrogens is 2. The first-order chi connectivity index (χ1) is 10.1. The smallest absolute Gasteiger partial charge is 0.317 e. The number of aromatic amines is 1. The number of nitrogens with one attached hydrogen (secondary N) is 3. The van der Waals surface area contributed by atoms with Gasteiger partial charge >= 0.3 is 6.03 Å².